The van der Waals surface area contributed by atoms with Gasteiger partial charge < -0.3 is 14.6 Å². The smallest absolute Gasteiger partial charge is 0.417 e. The molecular weight excluding hydrogens is 373 g/mol. The van der Waals surface area contributed by atoms with Crippen LogP contribution in [0.4, 0.5) is 13.2 Å². The van der Waals surface area contributed by atoms with E-state index in [9.17, 15) is 18.0 Å². The zero-order valence-corrected chi connectivity index (χ0v) is 13.6. The lowest BCUT2D eigenvalue weighted by Crippen LogP contribution is -2.11. The van der Waals surface area contributed by atoms with Gasteiger partial charge in [0.1, 0.15) is 11.1 Å². The van der Waals surface area contributed by atoms with Crippen molar-refractivity contribution < 1.29 is 32.5 Å². The van der Waals surface area contributed by atoms with Crippen molar-refractivity contribution in [3.8, 4) is 28.8 Å². The van der Waals surface area contributed by atoms with E-state index in [0.717, 1.165) is 6.07 Å². The first-order valence-corrected chi connectivity index (χ1v) is 8.05. The molecule has 0 saturated heterocycles. The van der Waals surface area contributed by atoms with E-state index in [0.29, 0.717) is 28.8 Å². The van der Waals surface area contributed by atoms with E-state index < -0.39 is 29.0 Å². The molecule has 1 aliphatic heterocycles. The molecule has 134 valence electrons. The minimum absolute atomic E-state index is 0.00704. The number of carboxylic acids is 1. The van der Waals surface area contributed by atoms with Gasteiger partial charge in [0.05, 0.1) is 22.6 Å². The number of hydrogen-bond donors (Lipinski definition) is 1. The summed E-state index contributed by atoms with van der Waals surface area (Å²) in [5.74, 6) is -0.938. The van der Waals surface area contributed by atoms with Crippen molar-refractivity contribution in [3.63, 3.8) is 0 Å². The van der Waals surface area contributed by atoms with Crippen LogP contribution in [0.3, 0.4) is 0 Å². The Morgan fingerprint density at radius 3 is 2.69 bits per heavy atom. The van der Waals surface area contributed by atoms with Gasteiger partial charge in [-0.05, 0) is 24.3 Å². The normalized spacial score (nSPS) is 12.7. The lowest BCUT2D eigenvalue weighted by atomic mass is 10.0. The highest BCUT2D eigenvalue weighted by Gasteiger charge is 2.36. The Morgan fingerprint density at radius 1 is 1.31 bits per heavy atom. The summed E-state index contributed by atoms with van der Waals surface area (Å²) in [7, 11) is 0. The summed E-state index contributed by atoms with van der Waals surface area (Å²) >= 11 is 0.555. The molecule has 10 heteroatoms. The number of thioether (sulfide) groups is 1. The van der Waals surface area contributed by atoms with Gasteiger partial charge in [-0.1, -0.05) is 11.8 Å². The second-order valence-electron chi connectivity index (χ2n) is 5.10. The second kappa shape index (κ2) is 6.76. The highest BCUT2D eigenvalue weighted by atomic mass is 32.2. The van der Waals surface area contributed by atoms with Crippen LogP contribution < -0.4 is 9.47 Å². The number of nitrogens with zero attached hydrogens (tertiary/aromatic N) is 2. The first kappa shape index (κ1) is 17.9. The number of carboxylic acid groups (broad SMARTS) is 1. The molecule has 2 aromatic rings. The quantitative estimate of drug-likeness (QED) is 0.809. The minimum atomic E-state index is -4.79. The number of ether oxygens (including phenoxy) is 2. The summed E-state index contributed by atoms with van der Waals surface area (Å²) in [4.78, 5) is 14.8. The fourth-order valence-corrected chi connectivity index (χ4v) is 3.01. The number of hydrogen-bond acceptors (Lipinski definition) is 6. The van der Waals surface area contributed by atoms with Gasteiger partial charge in [-0.25, -0.2) is 4.98 Å². The standard InChI is InChI=1S/C16H9F3N2O4S/c17-16(18,19)10-4-11(8-1-2-12-13(3-8)25-7-24-12)21-15(9(10)5-20)26-6-14(22)23/h1-4H,6-7H2,(H,22,23). The molecule has 0 bridgehead atoms. The predicted molar refractivity (Wildman–Crippen MR) is 83.9 cm³/mol. The maximum absolute atomic E-state index is 13.4. The van der Waals surface area contributed by atoms with E-state index in [1.54, 1.807) is 0 Å². The van der Waals surface area contributed by atoms with Gasteiger partial charge >= 0.3 is 12.1 Å². The van der Waals surface area contributed by atoms with Crippen LogP contribution in [0.1, 0.15) is 11.1 Å². The zero-order chi connectivity index (χ0) is 18.9. The highest BCUT2D eigenvalue weighted by molar-refractivity contribution is 7.99. The Balaban J connectivity index is 2.14. The second-order valence-corrected chi connectivity index (χ2v) is 6.06. The van der Waals surface area contributed by atoms with E-state index in [1.165, 1.54) is 24.3 Å². The zero-order valence-electron chi connectivity index (χ0n) is 12.8. The Hall–Kier alpha value is -2.93. The van der Waals surface area contributed by atoms with Crippen LogP contribution in [0.2, 0.25) is 0 Å². The molecular formula is C16H9F3N2O4S. The summed E-state index contributed by atoms with van der Waals surface area (Å²) < 4.78 is 50.5. The summed E-state index contributed by atoms with van der Waals surface area (Å²) in [5.41, 5.74) is -1.60. The predicted octanol–water partition coefficient (Wildman–Crippen LogP) is 3.54. The largest absolute Gasteiger partial charge is 0.481 e. The van der Waals surface area contributed by atoms with E-state index in [2.05, 4.69) is 4.98 Å². The molecule has 1 aromatic carbocycles. The lowest BCUT2D eigenvalue weighted by molar-refractivity contribution is -0.138. The van der Waals surface area contributed by atoms with E-state index in [4.69, 9.17) is 19.8 Å². The Labute approximate surface area is 149 Å². The monoisotopic (exact) mass is 382 g/mol. The summed E-state index contributed by atoms with van der Waals surface area (Å²) in [6.07, 6.45) is -4.79. The third-order valence-corrected chi connectivity index (χ3v) is 4.36. The van der Waals surface area contributed by atoms with Crippen molar-refractivity contribution in [2.24, 2.45) is 0 Å². The molecule has 6 nitrogen and oxygen atoms in total. The van der Waals surface area contributed by atoms with Gasteiger partial charge in [0.15, 0.2) is 11.5 Å². The molecule has 0 spiro atoms. The average molecular weight is 382 g/mol. The first-order valence-electron chi connectivity index (χ1n) is 7.06. The number of benzene rings is 1. The van der Waals surface area contributed by atoms with Gasteiger partial charge in [-0.15, -0.1) is 0 Å². The molecule has 0 radical (unpaired) electrons. The fraction of sp³-hybridized carbons (Fsp3) is 0.188. The van der Waals surface area contributed by atoms with Crippen molar-refractivity contribution >= 4 is 17.7 Å². The van der Waals surface area contributed by atoms with Crippen LogP contribution in [-0.4, -0.2) is 28.6 Å². The summed E-state index contributed by atoms with van der Waals surface area (Å²) in [6.45, 7) is 0.00704. The van der Waals surface area contributed by atoms with Crippen LogP contribution in [0.15, 0.2) is 29.3 Å². The maximum Gasteiger partial charge on any atom is 0.417 e. The van der Waals surface area contributed by atoms with Crippen LogP contribution in [-0.2, 0) is 11.0 Å². The van der Waals surface area contributed by atoms with E-state index in [-0.39, 0.29) is 17.5 Å². The van der Waals surface area contributed by atoms with Gasteiger partial charge in [0, 0.05) is 5.56 Å². The number of aliphatic carboxylic acids is 1. The molecule has 3 rings (SSSR count). The molecule has 26 heavy (non-hydrogen) atoms. The van der Waals surface area contributed by atoms with Gasteiger partial charge in [0.2, 0.25) is 6.79 Å². The number of halogens is 3. The van der Waals surface area contributed by atoms with Crippen molar-refractivity contribution in [3.05, 3.63) is 35.4 Å². The number of nitriles is 1. The Bertz CT molecular complexity index is 925. The number of rotatable bonds is 4. The summed E-state index contributed by atoms with van der Waals surface area (Å²) in [5, 5.41) is 17.6. The number of aromatic nitrogens is 1. The van der Waals surface area contributed by atoms with Crippen LogP contribution in [0.5, 0.6) is 11.5 Å². The molecule has 0 unspecified atom stereocenters. The van der Waals surface area contributed by atoms with Crippen molar-refractivity contribution in [2.45, 2.75) is 11.2 Å². The molecule has 1 N–H and O–H groups in total. The Kier molecular flexibility index (Phi) is 4.65. The van der Waals surface area contributed by atoms with Crippen molar-refractivity contribution in [1.29, 1.82) is 5.26 Å². The number of pyridine rings is 1. The van der Waals surface area contributed by atoms with Gasteiger partial charge in [-0.2, -0.15) is 18.4 Å². The van der Waals surface area contributed by atoms with Gasteiger partial charge in [0.25, 0.3) is 0 Å². The first-order chi connectivity index (χ1) is 12.3. The molecule has 1 aromatic heterocycles. The van der Waals surface area contributed by atoms with Crippen molar-refractivity contribution in [1.82, 2.24) is 4.98 Å². The third-order valence-electron chi connectivity index (χ3n) is 3.40. The molecule has 0 aliphatic carbocycles. The topological polar surface area (TPSA) is 92.4 Å². The molecule has 2 heterocycles. The number of alkyl halides is 3. The number of carbonyl (C=O) groups is 1. The molecule has 1 aliphatic rings. The molecule has 0 fully saturated rings. The molecule has 0 atom stereocenters. The van der Waals surface area contributed by atoms with E-state index >= 15 is 0 Å². The fourth-order valence-electron chi connectivity index (χ4n) is 2.29. The summed E-state index contributed by atoms with van der Waals surface area (Å²) in [6, 6.07) is 6.76. The van der Waals surface area contributed by atoms with Gasteiger partial charge in [-0.3, -0.25) is 4.79 Å². The molecule has 0 amide bonds. The maximum atomic E-state index is 13.4. The van der Waals surface area contributed by atoms with E-state index in [1.807, 2.05) is 0 Å². The highest BCUT2D eigenvalue weighted by Crippen LogP contribution is 2.40. The van der Waals surface area contributed by atoms with Crippen LogP contribution >= 0.6 is 11.8 Å². The average Bonchev–Trinajstić information content (AvgIpc) is 3.05. The minimum Gasteiger partial charge on any atom is -0.481 e. The lowest BCUT2D eigenvalue weighted by Gasteiger charge is -2.14. The van der Waals surface area contributed by atoms with Crippen molar-refractivity contribution in [2.75, 3.05) is 12.5 Å². The van der Waals surface area contributed by atoms with Crippen LogP contribution in [0.25, 0.3) is 11.3 Å². The SMILES string of the molecule is N#Cc1c(C(F)(F)F)cc(-c2ccc3c(c2)OCO3)nc1SCC(=O)O. The Morgan fingerprint density at radius 2 is 2.04 bits per heavy atom. The molecule has 0 saturated carbocycles. The van der Waals surface area contributed by atoms with Crippen LogP contribution in [0, 0.1) is 11.3 Å². The third kappa shape index (κ3) is 3.52. The number of fused-ring (bicyclic) bond motifs is 1.